The molecule has 1 saturated heterocycles. The van der Waals surface area contributed by atoms with Crippen LogP contribution in [-0.2, 0) is 9.47 Å². The number of hydrogen-bond donors (Lipinski definition) is 0. The lowest BCUT2D eigenvalue weighted by Gasteiger charge is -2.46. The van der Waals surface area contributed by atoms with Gasteiger partial charge in [0.1, 0.15) is 0 Å². The van der Waals surface area contributed by atoms with Crippen molar-refractivity contribution in [3.05, 3.63) is 0 Å². The van der Waals surface area contributed by atoms with Crippen LogP contribution in [0.15, 0.2) is 0 Å². The summed E-state index contributed by atoms with van der Waals surface area (Å²) in [7, 11) is 0. The first-order valence-corrected chi connectivity index (χ1v) is 9.77. The maximum atomic E-state index is 6.63. The predicted molar refractivity (Wildman–Crippen MR) is 104 cm³/mol. The van der Waals surface area contributed by atoms with E-state index in [2.05, 4.69) is 74.1 Å². The zero-order valence-electron chi connectivity index (χ0n) is 18.1. The smallest absolute Gasteiger partial charge is 0.0661 e. The summed E-state index contributed by atoms with van der Waals surface area (Å²) < 4.78 is 12.7. The molecule has 1 fully saturated rings. The van der Waals surface area contributed by atoms with Gasteiger partial charge >= 0.3 is 0 Å². The lowest BCUT2D eigenvalue weighted by Crippen LogP contribution is -2.50. The molecule has 1 rings (SSSR count). The maximum absolute atomic E-state index is 6.63. The second kappa shape index (κ2) is 7.63. The Hall–Kier alpha value is -0.120. The molecule has 0 aromatic carbocycles. The minimum Gasteiger partial charge on any atom is -0.373 e. The van der Waals surface area contributed by atoms with Crippen molar-refractivity contribution in [3.63, 3.8) is 0 Å². The van der Waals surface area contributed by atoms with E-state index in [0.29, 0.717) is 0 Å². The van der Waals surface area contributed by atoms with Crippen LogP contribution < -0.4 is 0 Å². The van der Waals surface area contributed by atoms with Crippen molar-refractivity contribution in [1.29, 1.82) is 0 Å². The second-order valence-corrected chi connectivity index (χ2v) is 10.4. The molecule has 0 aromatic heterocycles. The number of hydrogen-bond acceptors (Lipinski definition) is 3. The van der Waals surface area contributed by atoms with Gasteiger partial charge in [0.2, 0.25) is 0 Å². The molecule has 3 nitrogen and oxygen atoms in total. The third-order valence-electron chi connectivity index (χ3n) is 4.78. The SMILES string of the molecule is CC(C)OC(C)(C)CC(C)(C)OC(C)(C)CC(C)(C)N1CCCC1. The normalized spacial score (nSPS) is 18.6. The molecule has 1 heterocycles. The zero-order valence-corrected chi connectivity index (χ0v) is 18.1. The van der Waals surface area contributed by atoms with Crippen LogP contribution in [0.3, 0.4) is 0 Å². The van der Waals surface area contributed by atoms with E-state index in [1.54, 1.807) is 0 Å². The molecule has 144 valence electrons. The van der Waals surface area contributed by atoms with E-state index in [-0.39, 0.29) is 28.4 Å². The Labute approximate surface area is 151 Å². The Kier molecular flexibility index (Phi) is 6.97. The minimum atomic E-state index is -0.219. The summed E-state index contributed by atoms with van der Waals surface area (Å²) in [6.07, 6.45) is 4.81. The highest BCUT2D eigenvalue weighted by Gasteiger charge is 2.40. The van der Waals surface area contributed by atoms with Crippen LogP contribution in [0.5, 0.6) is 0 Å². The molecule has 0 aliphatic carbocycles. The molecule has 3 heteroatoms. The summed E-state index contributed by atoms with van der Waals surface area (Å²) in [6.45, 7) is 24.6. The second-order valence-electron chi connectivity index (χ2n) is 10.4. The van der Waals surface area contributed by atoms with E-state index in [9.17, 15) is 0 Å². The molecule has 0 bridgehead atoms. The minimum absolute atomic E-state index is 0.163. The monoisotopic (exact) mass is 341 g/mol. The Bertz CT molecular complexity index is 391. The number of ether oxygens (including phenoxy) is 2. The molecule has 1 aliphatic heterocycles. The summed E-state index contributed by atoms with van der Waals surface area (Å²) in [4.78, 5) is 2.62. The summed E-state index contributed by atoms with van der Waals surface area (Å²) >= 11 is 0. The number of nitrogens with zero attached hydrogens (tertiary/aromatic N) is 1. The lowest BCUT2D eigenvalue weighted by molar-refractivity contribution is -0.174. The maximum Gasteiger partial charge on any atom is 0.0661 e. The molecule has 24 heavy (non-hydrogen) atoms. The molecule has 0 N–H and O–H groups in total. The predicted octanol–water partition coefficient (Wildman–Crippen LogP) is 5.42. The molecule has 0 radical (unpaired) electrons. The van der Waals surface area contributed by atoms with Gasteiger partial charge in [-0.2, -0.15) is 0 Å². The molecule has 0 aromatic rings. The third kappa shape index (κ3) is 7.41. The van der Waals surface area contributed by atoms with Crippen molar-refractivity contribution in [2.45, 2.75) is 123 Å². The Morgan fingerprint density at radius 3 is 1.67 bits per heavy atom. The van der Waals surface area contributed by atoms with E-state index in [1.807, 2.05) is 0 Å². The van der Waals surface area contributed by atoms with Crippen LogP contribution >= 0.6 is 0 Å². The summed E-state index contributed by atoms with van der Waals surface area (Å²) in [6, 6.07) is 0. The molecule has 0 spiro atoms. The average molecular weight is 342 g/mol. The Balaban J connectivity index is 2.69. The molecule has 1 aliphatic rings. The van der Waals surface area contributed by atoms with Gasteiger partial charge in [-0.1, -0.05) is 0 Å². The van der Waals surface area contributed by atoms with Crippen molar-refractivity contribution in [2.75, 3.05) is 13.1 Å². The molecule has 0 atom stereocenters. The van der Waals surface area contributed by atoms with Gasteiger partial charge in [-0.05, 0) is 102 Å². The van der Waals surface area contributed by atoms with E-state index in [1.165, 1.54) is 25.9 Å². The van der Waals surface area contributed by atoms with E-state index in [4.69, 9.17) is 9.47 Å². The lowest BCUT2D eigenvalue weighted by atomic mass is 9.86. The van der Waals surface area contributed by atoms with Crippen molar-refractivity contribution in [1.82, 2.24) is 4.90 Å². The molecular weight excluding hydrogens is 298 g/mol. The van der Waals surface area contributed by atoms with Crippen LogP contribution in [0, 0.1) is 0 Å². The number of rotatable bonds is 9. The van der Waals surface area contributed by atoms with Crippen molar-refractivity contribution in [3.8, 4) is 0 Å². The highest BCUT2D eigenvalue weighted by Crippen LogP contribution is 2.36. The van der Waals surface area contributed by atoms with Gasteiger partial charge in [-0.3, -0.25) is 4.90 Å². The summed E-state index contributed by atoms with van der Waals surface area (Å²) in [5, 5.41) is 0. The van der Waals surface area contributed by atoms with Crippen LogP contribution in [0.25, 0.3) is 0 Å². The van der Waals surface area contributed by atoms with E-state index >= 15 is 0 Å². The average Bonchev–Trinajstić information content (AvgIpc) is 2.73. The Morgan fingerprint density at radius 1 is 0.750 bits per heavy atom. The van der Waals surface area contributed by atoms with Gasteiger partial charge in [-0.25, -0.2) is 0 Å². The van der Waals surface area contributed by atoms with Crippen LogP contribution in [-0.4, -0.2) is 46.4 Å². The third-order valence-corrected chi connectivity index (χ3v) is 4.78. The first-order valence-electron chi connectivity index (χ1n) is 9.77. The molecule has 0 saturated carbocycles. The fourth-order valence-corrected chi connectivity index (χ4v) is 5.00. The highest BCUT2D eigenvalue weighted by atomic mass is 16.5. The highest BCUT2D eigenvalue weighted by molar-refractivity contribution is 4.93. The van der Waals surface area contributed by atoms with Gasteiger partial charge in [0, 0.05) is 12.0 Å². The van der Waals surface area contributed by atoms with Crippen LogP contribution in [0.4, 0.5) is 0 Å². The number of likely N-dealkylation sites (tertiary alicyclic amines) is 1. The fourth-order valence-electron chi connectivity index (χ4n) is 5.00. The fraction of sp³-hybridized carbons (Fsp3) is 1.00. The molecule has 0 amide bonds. The largest absolute Gasteiger partial charge is 0.373 e. The summed E-state index contributed by atoms with van der Waals surface area (Å²) in [5.41, 5.74) is -0.384. The van der Waals surface area contributed by atoms with E-state index in [0.717, 1.165) is 12.8 Å². The van der Waals surface area contributed by atoms with Crippen molar-refractivity contribution < 1.29 is 9.47 Å². The first kappa shape index (κ1) is 21.9. The van der Waals surface area contributed by atoms with Crippen LogP contribution in [0.2, 0.25) is 0 Å². The van der Waals surface area contributed by atoms with Gasteiger partial charge in [0.05, 0.1) is 22.9 Å². The quantitative estimate of drug-likeness (QED) is 0.559. The van der Waals surface area contributed by atoms with Crippen LogP contribution in [0.1, 0.15) is 94.9 Å². The van der Waals surface area contributed by atoms with Gasteiger partial charge in [-0.15, -0.1) is 0 Å². The standard InChI is InChI=1S/C21H43NO2/c1-17(2)23-19(5,6)16-21(9,10)24-20(7,8)15-18(3,4)22-13-11-12-14-22/h17H,11-16H2,1-10H3. The van der Waals surface area contributed by atoms with Gasteiger partial charge in [0.15, 0.2) is 0 Å². The van der Waals surface area contributed by atoms with Gasteiger partial charge in [0.25, 0.3) is 0 Å². The zero-order chi connectivity index (χ0) is 18.8. The first-order chi connectivity index (χ1) is 10.6. The topological polar surface area (TPSA) is 21.7 Å². The van der Waals surface area contributed by atoms with Gasteiger partial charge < -0.3 is 9.47 Å². The van der Waals surface area contributed by atoms with E-state index < -0.39 is 0 Å². The summed E-state index contributed by atoms with van der Waals surface area (Å²) in [5.74, 6) is 0. The van der Waals surface area contributed by atoms with Crippen molar-refractivity contribution >= 4 is 0 Å². The molecule has 0 unspecified atom stereocenters. The molecular formula is C21H43NO2. The van der Waals surface area contributed by atoms with Crippen molar-refractivity contribution in [2.24, 2.45) is 0 Å². The Morgan fingerprint density at radius 2 is 1.21 bits per heavy atom.